The molecule has 0 atom stereocenters. The van der Waals surface area contributed by atoms with Gasteiger partial charge in [0.05, 0.1) is 13.2 Å². The quantitative estimate of drug-likeness (QED) is 0.911. The lowest BCUT2D eigenvalue weighted by molar-refractivity contribution is -0.123. The highest BCUT2D eigenvalue weighted by Gasteiger charge is 2.30. The third-order valence-corrected chi connectivity index (χ3v) is 5.27. The summed E-state index contributed by atoms with van der Waals surface area (Å²) in [4.78, 5) is 12.3. The third kappa shape index (κ3) is 4.43. The number of carbonyl (C=O) groups excluding carboxylic acids is 1. The van der Waals surface area contributed by atoms with E-state index >= 15 is 0 Å². The van der Waals surface area contributed by atoms with Gasteiger partial charge in [0.1, 0.15) is 0 Å². The molecule has 1 amide bonds. The van der Waals surface area contributed by atoms with Crippen LogP contribution in [-0.4, -0.2) is 24.7 Å². The van der Waals surface area contributed by atoms with Crippen LogP contribution in [0, 0.1) is 5.92 Å². The Kier molecular flexibility index (Phi) is 5.32. The van der Waals surface area contributed by atoms with Gasteiger partial charge in [-0.3, -0.25) is 4.79 Å². The summed E-state index contributed by atoms with van der Waals surface area (Å²) < 4.78 is 11.4. The Morgan fingerprint density at radius 2 is 1.92 bits per heavy atom. The van der Waals surface area contributed by atoms with Crippen molar-refractivity contribution in [2.75, 3.05) is 13.2 Å². The van der Waals surface area contributed by atoms with Gasteiger partial charge in [0, 0.05) is 18.4 Å². The van der Waals surface area contributed by atoms with Crippen molar-refractivity contribution in [2.45, 2.75) is 64.3 Å². The fourth-order valence-corrected chi connectivity index (χ4v) is 3.54. The smallest absolute Gasteiger partial charge is 0.220 e. The SMILES string of the molecule is CC1CCC(C)(NC(=O)CCc2ccc3c(c2)OCCCO3)CC1. The highest BCUT2D eigenvalue weighted by molar-refractivity contribution is 5.77. The molecule has 1 aromatic carbocycles. The Hall–Kier alpha value is -1.71. The second kappa shape index (κ2) is 7.45. The molecule has 1 aliphatic carbocycles. The molecule has 3 rings (SSSR count). The van der Waals surface area contributed by atoms with Crippen molar-refractivity contribution in [2.24, 2.45) is 5.92 Å². The number of rotatable bonds is 4. The summed E-state index contributed by atoms with van der Waals surface area (Å²) in [6.45, 7) is 5.87. The van der Waals surface area contributed by atoms with Crippen molar-refractivity contribution in [1.82, 2.24) is 5.32 Å². The van der Waals surface area contributed by atoms with Gasteiger partial charge < -0.3 is 14.8 Å². The average molecular weight is 331 g/mol. The molecule has 132 valence electrons. The average Bonchev–Trinajstić information content (AvgIpc) is 2.81. The Bertz CT molecular complexity index is 576. The van der Waals surface area contributed by atoms with Crippen LogP contribution in [-0.2, 0) is 11.2 Å². The lowest BCUT2D eigenvalue weighted by atomic mass is 9.78. The predicted molar refractivity (Wildman–Crippen MR) is 94.5 cm³/mol. The van der Waals surface area contributed by atoms with E-state index in [-0.39, 0.29) is 11.4 Å². The first-order valence-electron chi connectivity index (χ1n) is 9.24. The fraction of sp³-hybridized carbons (Fsp3) is 0.650. The van der Waals surface area contributed by atoms with Gasteiger partial charge in [-0.05, 0) is 62.6 Å². The number of carbonyl (C=O) groups is 1. The molecule has 1 aliphatic heterocycles. The lowest BCUT2D eigenvalue weighted by Crippen LogP contribution is -2.48. The molecular formula is C20H29NO3. The van der Waals surface area contributed by atoms with Gasteiger partial charge in [-0.2, -0.15) is 0 Å². The lowest BCUT2D eigenvalue weighted by Gasteiger charge is -2.37. The molecule has 0 unspecified atom stereocenters. The maximum atomic E-state index is 12.3. The zero-order chi connectivity index (χ0) is 17.0. The minimum absolute atomic E-state index is 0.0195. The normalized spacial score (nSPS) is 26.5. The van der Waals surface area contributed by atoms with E-state index in [4.69, 9.17) is 9.47 Å². The van der Waals surface area contributed by atoms with Crippen molar-refractivity contribution in [3.8, 4) is 11.5 Å². The summed E-state index contributed by atoms with van der Waals surface area (Å²) in [5.41, 5.74) is 1.10. The molecule has 1 N–H and O–H groups in total. The molecule has 0 aromatic heterocycles. The molecule has 1 saturated carbocycles. The first kappa shape index (κ1) is 17.1. The van der Waals surface area contributed by atoms with Gasteiger partial charge in [-0.15, -0.1) is 0 Å². The largest absolute Gasteiger partial charge is 0.490 e. The molecule has 0 radical (unpaired) electrons. The van der Waals surface area contributed by atoms with Gasteiger partial charge in [-0.25, -0.2) is 0 Å². The minimum Gasteiger partial charge on any atom is -0.490 e. The van der Waals surface area contributed by atoms with Crippen LogP contribution in [0.5, 0.6) is 11.5 Å². The molecule has 4 nitrogen and oxygen atoms in total. The molecular weight excluding hydrogens is 302 g/mol. The van der Waals surface area contributed by atoms with Gasteiger partial charge in [0.25, 0.3) is 0 Å². The van der Waals surface area contributed by atoms with Crippen molar-refractivity contribution in [3.63, 3.8) is 0 Å². The Morgan fingerprint density at radius 1 is 1.21 bits per heavy atom. The van der Waals surface area contributed by atoms with Gasteiger partial charge in [-0.1, -0.05) is 13.0 Å². The monoisotopic (exact) mass is 331 g/mol. The van der Waals surface area contributed by atoms with Crippen LogP contribution in [0.2, 0.25) is 0 Å². The van der Waals surface area contributed by atoms with E-state index in [0.717, 1.165) is 48.7 Å². The Labute approximate surface area is 144 Å². The molecule has 1 heterocycles. The second-order valence-electron chi connectivity index (χ2n) is 7.62. The summed E-state index contributed by atoms with van der Waals surface area (Å²) in [7, 11) is 0. The number of amides is 1. The predicted octanol–water partition coefficient (Wildman–Crippen LogP) is 3.87. The number of ether oxygens (including phenoxy) is 2. The zero-order valence-electron chi connectivity index (χ0n) is 14.9. The highest BCUT2D eigenvalue weighted by Crippen LogP contribution is 2.32. The second-order valence-corrected chi connectivity index (χ2v) is 7.62. The van der Waals surface area contributed by atoms with E-state index in [1.165, 1.54) is 12.8 Å². The van der Waals surface area contributed by atoms with E-state index < -0.39 is 0 Å². The van der Waals surface area contributed by atoms with Gasteiger partial charge in [0.15, 0.2) is 11.5 Å². The van der Waals surface area contributed by atoms with Crippen LogP contribution in [0.1, 0.15) is 57.9 Å². The summed E-state index contributed by atoms with van der Waals surface area (Å²) in [6.07, 6.45) is 6.75. The number of hydrogen-bond donors (Lipinski definition) is 1. The van der Waals surface area contributed by atoms with Crippen LogP contribution in [0.3, 0.4) is 0 Å². The summed E-state index contributed by atoms with van der Waals surface area (Å²) in [6, 6.07) is 6.00. The Morgan fingerprint density at radius 3 is 2.67 bits per heavy atom. The molecule has 1 fully saturated rings. The summed E-state index contributed by atoms with van der Waals surface area (Å²) in [5.74, 6) is 2.55. The van der Waals surface area contributed by atoms with Gasteiger partial charge in [0.2, 0.25) is 5.91 Å². The fourth-order valence-electron chi connectivity index (χ4n) is 3.54. The molecule has 24 heavy (non-hydrogen) atoms. The first-order valence-corrected chi connectivity index (χ1v) is 9.24. The number of hydrogen-bond acceptors (Lipinski definition) is 3. The molecule has 4 heteroatoms. The highest BCUT2D eigenvalue weighted by atomic mass is 16.5. The van der Waals surface area contributed by atoms with Crippen LogP contribution in [0.25, 0.3) is 0 Å². The maximum Gasteiger partial charge on any atom is 0.220 e. The molecule has 2 aliphatic rings. The third-order valence-electron chi connectivity index (χ3n) is 5.27. The van der Waals surface area contributed by atoms with E-state index in [2.05, 4.69) is 19.2 Å². The number of nitrogens with one attached hydrogen (secondary N) is 1. The molecule has 0 bridgehead atoms. The zero-order valence-corrected chi connectivity index (χ0v) is 14.9. The maximum absolute atomic E-state index is 12.3. The standard InChI is InChI=1S/C20H29NO3/c1-15-8-10-20(2,11-9-15)21-19(22)7-5-16-4-6-17-18(14-16)24-13-3-12-23-17/h4,6,14-15H,3,5,7-13H2,1-2H3,(H,21,22). The van der Waals surface area contributed by atoms with Crippen LogP contribution >= 0.6 is 0 Å². The summed E-state index contributed by atoms with van der Waals surface area (Å²) in [5, 5.41) is 3.26. The summed E-state index contributed by atoms with van der Waals surface area (Å²) >= 11 is 0. The van der Waals surface area contributed by atoms with E-state index in [9.17, 15) is 4.79 Å². The van der Waals surface area contributed by atoms with E-state index in [0.29, 0.717) is 19.6 Å². The van der Waals surface area contributed by atoms with Crippen LogP contribution in [0.15, 0.2) is 18.2 Å². The first-order chi connectivity index (χ1) is 11.5. The molecule has 0 spiro atoms. The van der Waals surface area contributed by atoms with Crippen molar-refractivity contribution < 1.29 is 14.3 Å². The van der Waals surface area contributed by atoms with Crippen molar-refractivity contribution >= 4 is 5.91 Å². The Balaban J connectivity index is 1.52. The minimum atomic E-state index is -0.0195. The van der Waals surface area contributed by atoms with Crippen LogP contribution in [0.4, 0.5) is 0 Å². The molecule has 0 saturated heterocycles. The van der Waals surface area contributed by atoms with E-state index in [1.54, 1.807) is 0 Å². The van der Waals surface area contributed by atoms with Crippen LogP contribution < -0.4 is 14.8 Å². The van der Waals surface area contributed by atoms with Crippen molar-refractivity contribution in [1.29, 1.82) is 0 Å². The topological polar surface area (TPSA) is 47.6 Å². The number of fused-ring (bicyclic) bond motifs is 1. The number of aryl methyl sites for hydroxylation is 1. The van der Waals surface area contributed by atoms with E-state index in [1.807, 2.05) is 18.2 Å². The number of benzene rings is 1. The van der Waals surface area contributed by atoms with Crippen molar-refractivity contribution in [3.05, 3.63) is 23.8 Å². The van der Waals surface area contributed by atoms with Gasteiger partial charge >= 0.3 is 0 Å². The molecule has 1 aromatic rings.